The van der Waals surface area contributed by atoms with Crippen LogP contribution in [0.1, 0.15) is 117 Å². The van der Waals surface area contributed by atoms with Crippen LogP contribution in [0.2, 0.25) is 0 Å². The van der Waals surface area contributed by atoms with Gasteiger partial charge in [0.15, 0.2) is 6.29 Å². The summed E-state index contributed by atoms with van der Waals surface area (Å²) in [5.41, 5.74) is -2.10. The van der Waals surface area contributed by atoms with Crippen LogP contribution in [0.4, 0.5) is 4.79 Å². The molecule has 0 radical (unpaired) electrons. The van der Waals surface area contributed by atoms with Crippen LogP contribution in [0.15, 0.2) is 34.3 Å². The van der Waals surface area contributed by atoms with E-state index in [-0.39, 0.29) is 60.7 Å². The van der Waals surface area contributed by atoms with E-state index in [0.29, 0.717) is 62.0 Å². The first-order valence-electron chi connectivity index (χ1n) is 28.9. The van der Waals surface area contributed by atoms with E-state index in [9.17, 15) is 49.8 Å². The van der Waals surface area contributed by atoms with Gasteiger partial charge in [-0.15, -0.1) is 0 Å². The van der Waals surface area contributed by atoms with E-state index in [1.54, 1.807) is 77.5 Å². The SMILES string of the molecule is CC[C@H]1OC(=O)[C@H](C)[C@@H](O[C@H]2C[C@@](C)(OC)[C@@H](OC(=O)NCCOCCCc3ccc4c(c3)c(=O)c(C(=O)O)cn4N(C)C)[C@H](C)O2)[C@H](C)[I-][C@](C)(O)C[C@@H](C)/C(=N\OCCN(C)CC[C@@H]2C[C@H](N(C)C)[C@@H](O)[C@H](O)O2)[C@H](C)[C@@H](O)[C@]1(C)O. The number of aromatic nitrogens is 1. The number of nitrogens with one attached hydrogen (secondary N) is 1. The average molecular weight is 1290 g/mol. The number of aromatic carboxylic acids is 1. The molecule has 3 aliphatic heterocycles. The van der Waals surface area contributed by atoms with E-state index < -0.39 is 126 Å². The number of oxime groups is 1. The minimum atomic E-state index is -1.96. The van der Waals surface area contributed by atoms with E-state index >= 15 is 0 Å². The van der Waals surface area contributed by atoms with Gasteiger partial charge in [0.2, 0.25) is 5.43 Å². The van der Waals surface area contributed by atoms with Gasteiger partial charge in [-0.25, -0.2) is 4.79 Å². The number of ether oxygens (including phenoxy) is 7. The first-order valence-corrected chi connectivity index (χ1v) is 31.2. The van der Waals surface area contributed by atoms with E-state index in [2.05, 4.69) is 10.5 Å². The van der Waals surface area contributed by atoms with Crippen molar-refractivity contribution >= 4 is 34.6 Å². The Morgan fingerprint density at radius 2 is 1.64 bits per heavy atom. The van der Waals surface area contributed by atoms with Crippen molar-refractivity contribution in [1.82, 2.24) is 19.8 Å². The number of carbonyl (C=O) groups is 3. The number of carboxylic acid groups (broad SMARTS) is 1. The fourth-order valence-electron chi connectivity index (χ4n) is 11.5. The maximum absolute atomic E-state index is 14.3. The molecular formula is C58H96IN6O18-. The van der Waals surface area contributed by atoms with Gasteiger partial charge in [-0.1, -0.05) is 6.07 Å². The average Bonchev–Trinajstić information content (AvgIpc) is 3.57. The second-order valence-corrected chi connectivity index (χ2v) is 28.7. The van der Waals surface area contributed by atoms with Crippen LogP contribution in [0.3, 0.4) is 0 Å². The molecule has 2 aromatic rings. The number of carboxylic acids is 1. The molecule has 474 valence electrons. The summed E-state index contributed by atoms with van der Waals surface area (Å²) >= 11 is -1.21. The Balaban J connectivity index is 1.19. The van der Waals surface area contributed by atoms with Crippen molar-refractivity contribution < 1.29 is 104 Å². The normalized spacial score (nSPS) is 34.7. The standard InChI is InChI=1S/C58H96IN6O18/c1-16-44-58(9,75)50(68)34(3)46(61-78-27-24-64(14)23-21-39-29-43(62(10)11)48(67)54(72)80-39)33(2)30-57(8,74)59-36(5)49(35(4)53(71)81-44)82-45-31-56(7,76-15)51(37(6)79-45)83-55(73)60-22-26-77-25-17-18-38-19-20-42-40(28-38)47(66)41(52(69)70)32-65(42)63(12)13/h19-20,28,32-37,39,43-45,48-51,54,67-68,72,74-75H,16-18,21-27,29-31H2,1-15H3,(H,60,73)(H,69,70)/q-1/b61-46+/t33-,34+,35-,36+,37+,39-,43+,44-,45+,48-,49-,50-,51+,54-,56-,57-,58-/m1/s1. The molecule has 1 aromatic carbocycles. The number of fused-ring (bicyclic) bond motifs is 1. The number of alkyl carbamates (subject to hydrolysis) is 1. The molecule has 0 bridgehead atoms. The van der Waals surface area contributed by atoms with Gasteiger partial charge < -0.3 is 34.7 Å². The number of aliphatic hydroxyl groups excluding tert-OH is 3. The third kappa shape index (κ3) is 18.4. The van der Waals surface area contributed by atoms with Crippen molar-refractivity contribution in [2.45, 2.75) is 187 Å². The summed E-state index contributed by atoms with van der Waals surface area (Å²) in [7, 11) is 10.6. The number of carbonyl (C=O) groups excluding carboxylic acids is 2. The zero-order valence-corrected chi connectivity index (χ0v) is 53.4. The third-order valence-corrected chi connectivity index (χ3v) is 19.9. The Bertz CT molecular complexity index is 2540. The van der Waals surface area contributed by atoms with Crippen LogP contribution in [-0.4, -0.2) is 231 Å². The molecule has 7 N–H and O–H groups in total. The Morgan fingerprint density at radius 3 is 2.28 bits per heavy atom. The summed E-state index contributed by atoms with van der Waals surface area (Å²) in [6.45, 7) is 17.6. The van der Waals surface area contributed by atoms with Crippen molar-refractivity contribution in [3.63, 3.8) is 0 Å². The van der Waals surface area contributed by atoms with Gasteiger partial charge in [-0.05, 0) is 51.1 Å². The molecule has 3 aliphatic rings. The van der Waals surface area contributed by atoms with Gasteiger partial charge in [-0.3, -0.25) is 9.47 Å². The minimum absolute atomic E-state index is 0.0859. The Kier molecular flexibility index (Phi) is 25.8. The van der Waals surface area contributed by atoms with Gasteiger partial charge in [-0.2, -0.15) is 0 Å². The van der Waals surface area contributed by atoms with E-state index in [4.69, 9.17) is 38.0 Å². The number of rotatable bonds is 22. The molecular weight excluding hydrogens is 1200 g/mol. The first kappa shape index (κ1) is 69.9. The summed E-state index contributed by atoms with van der Waals surface area (Å²) in [6, 6.07) is 5.15. The summed E-state index contributed by atoms with van der Waals surface area (Å²) in [5, 5.41) is 75.9. The van der Waals surface area contributed by atoms with Gasteiger partial charge >= 0.3 is 328 Å². The molecule has 0 saturated carbocycles. The van der Waals surface area contributed by atoms with Gasteiger partial charge in [0.1, 0.15) is 11.7 Å². The van der Waals surface area contributed by atoms with Crippen molar-refractivity contribution in [3.8, 4) is 0 Å². The molecule has 0 aliphatic carbocycles. The maximum atomic E-state index is 14.3. The van der Waals surface area contributed by atoms with Gasteiger partial charge in [0, 0.05) is 38.3 Å². The number of benzene rings is 1. The Morgan fingerprint density at radius 1 is 0.940 bits per heavy atom. The zero-order valence-electron chi connectivity index (χ0n) is 51.3. The monoisotopic (exact) mass is 1290 g/mol. The summed E-state index contributed by atoms with van der Waals surface area (Å²) in [5.74, 6) is -4.15. The van der Waals surface area contributed by atoms with Crippen LogP contribution in [0.5, 0.6) is 0 Å². The third-order valence-electron chi connectivity index (χ3n) is 16.4. The molecule has 17 atom stereocenters. The van der Waals surface area contributed by atoms with Crippen molar-refractivity contribution in [2.24, 2.45) is 22.9 Å². The molecule has 25 heteroatoms. The van der Waals surface area contributed by atoms with Crippen LogP contribution < -0.4 is 37.0 Å². The van der Waals surface area contributed by atoms with E-state index in [1.165, 1.54) is 20.2 Å². The van der Waals surface area contributed by atoms with Crippen LogP contribution in [0, 0.1) is 17.8 Å². The zero-order chi connectivity index (χ0) is 61.9. The molecule has 0 spiro atoms. The van der Waals surface area contributed by atoms with E-state index in [0.717, 1.165) is 5.56 Å². The predicted octanol–water partition coefficient (Wildman–Crippen LogP) is -0.109. The summed E-state index contributed by atoms with van der Waals surface area (Å²) in [4.78, 5) is 62.2. The van der Waals surface area contributed by atoms with Crippen LogP contribution in [0.25, 0.3) is 10.9 Å². The number of hydrogen-bond donors (Lipinski definition) is 7. The number of hydrogen-bond acceptors (Lipinski definition) is 21. The molecule has 4 heterocycles. The molecule has 5 rings (SSSR count). The second-order valence-electron chi connectivity index (χ2n) is 23.7. The van der Waals surface area contributed by atoms with Gasteiger partial charge in [0.05, 0.1) is 5.52 Å². The number of esters is 1. The fraction of sp³-hybridized carbons (Fsp3) is 0.776. The van der Waals surface area contributed by atoms with Crippen molar-refractivity contribution in [3.05, 3.63) is 45.7 Å². The predicted molar refractivity (Wildman–Crippen MR) is 305 cm³/mol. The van der Waals surface area contributed by atoms with Crippen molar-refractivity contribution in [2.75, 3.05) is 86.8 Å². The molecule has 1 amide bonds. The number of amides is 1. The van der Waals surface area contributed by atoms with Gasteiger partial charge in [0.25, 0.3) is 0 Å². The molecule has 0 unspecified atom stereocenters. The molecule has 83 heavy (non-hydrogen) atoms. The number of cyclic esters (lactones) is 1. The number of alkyl halides is 2. The van der Waals surface area contributed by atoms with Crippen LogP contribution in [-0.2, 0) is 49.2 Å². The molecule has 1 aromatic heterocycles. The quantitative estimate of drug-likeness (QED) is 0.0266. The van der Waals surface area contributed by atoms with Crippen LogP contribution >= 0.6 is 0 Å². The summed E-state index contributed by atoms with van der Waals surface area (Å²) < 4.78 is 42.7. The number of halogens is 1. The van der Waals surface area contributed by atoms with E-state index in [1.807, 2.05) is 50.9 Å². The first-order chi connectivity index (χ1) is 38.9. The molecule has 24 nitrogen and oxygen atoms in total. The Hall–Kier alpha value is -3.84. The summed E-state index contributed by atoms with van der Waals surface area (Å²) in [6.07, 6.45) is -5.23. The number of aliphatic hydroxyl groups is 5. The number of aryl methyl sites for hydroxylation is 1. The number of nitrogens with zero attached hydrogens (tertiary/aromatic N) is 5. The fourth-order valence-corrected chi connectivity index (χ4v) is 15.7. The number of methoxy groups -OCH3 is 1. The second kappa shape index (κ2) is 30.7. The Labute approximate surface area is 499 Å². The molecule has 3 fully saturated rings. The van der Waals surface area contributed by atoms with Crippen molar-refractivity contribution in [1.29, 1.82) is 0 Å². The number of pyridine rings is 1. The number of likely N-dealkylation sites (N-methyl/N-ethyl adjacent to an activating group) is 2. The molecule has 3 saturated heterocycles. The topological polar surface area (TPSA) is 303 Å².